The molecule has 1 saturated heterocycles. The molecule has 2 heterocycles. The van der Waals surface area contributed by atoms with Gasteiger partial charge < -0.3 is 10.2 Å². The van der Waals surface area contributed by atoms with Gasteiger partial charge in [-0.3, -0.25) is 4.98 Å². The Labute approximate surface area is 111 Å². The van der Waals surface area contributed by atoms with E-state index >= 15 is 0 Å². The average molecular weight is 247 g/mol. The van der Waals surface area contributed by atoms with Gasteiger partial charge in [0.1, 0.15) is 0 Å². The van der Waals surface area contributed by atoms with Crippen LogP contribution in [0.25, 0.3) is 0 Å². The Hall–Kier alpha value is -1.09. The molecular formula is C15H25N3. The van der Waals surface area contributed by atoms with Gasteiger partial charge in [0.25, 0.3) is 0 Å². The number of anilines is 1. The molecule has 1 aromatic heterocycles. The maximum Gasteiger partial charge on any atom is 0.0572 e. The van der Waals surface area contributed by atoms with E-state index in [0.717, 1.165) is 25.3 Å². The first-order valence-electron chi connectivity index (χ1n) is 6.96. The van der Waals surface area contributed by atoms with Crippen LogP contribution in [0, 0.1) is 5.41 Å². The van der Waals surface area contributed by atoms with Crippen molar-refractivity contribution >= 4 is 5.69 Å². The first-order chi connectivity index (χ1) is 8.52. The van der Waals surface area contributed by atoms with Gasteiger partial charge in [-0.25, -0.2) is 0 Å². The first kappa shape index (κ1) is 13.3. The smallest absolute Gasteiger partial charge is 0.0572 e. The topological polar surface area (TPSA) is 28.2 Å². The van der Waals surface area contributed by atoms with Crippen molar-refractivity contribution in [3.63, 3.8) is 0 Å². The van der Waals surface area contributed by atoms with Crippen molar-refractivity contribution in [2.75, 3.05) is 24.5 Å². The van der Waals surface area contributed by atoms with Crippen LogP contribution >= 0.6 is 0 Å². The molecule has 1 aromatic rings. The summed E-state index contributed by atoms with van der Waals surface area (Å²) in [5.41, 5.74) is 2.82. The zero-order valence-corrected chi connectivity index (χ0v) is 12.0. The molecule has 3 nitrogen and oxygen atoms in total. The zero-order chi connectivity index (χ0) is 13.2. The van der Waals surface area contributed by atoms with E-state index in [-0.39, 0.29) is 0 Å². The van der Waals surface area contributed by atoms with Crippen LogP contribution in [0.2, 0.25) is 0 Å². The summed E-state index contributed by atoms with van der Waals surface area (Å²) >= 11 is 0. The number of nitrogens with one attached hydrogen (secondary N) is 1. The average Bonchev–Trinajstić information content (AvgIpc) is 2.70. The van der Waals surface area contributed by atoms with Crippen molar-refractivity contribution in [1.82, 2.24) is 10.3 Å². The Morgan fingerprint density at radius 1 is 1.44 bits per heavy atom. The maximum atomic E-state index is 4.59. The van der Waals surface area contributed by atoms with E-state index in [4.69, 9.17) is 0 Å². The minimum atomic E-state index is 0.332. The zero-order valence-electron chi connectivity index (χ0n) is 12.0. The van der Waals surface area contributed by atoms with Crippen LogP contribution in [-0.4, -0.2) is 24.6 Å². The molecule has 1 N–H and O–H groups in total. The molecule has 0 aliphatic carbocycles. The van der Waals surface area contributed by atoms with Crippen molar-refractivity contribution in [3.05, 3.63) is 24.0 Å². The number of nitrogens with zero attached hydrogens (tertiary/aromatic N) is 2. The van der Waals surface area contributed by atoms with E-state index in [1.807, 2.05) is 6.20 Å². The van der Waals surface area contributed by atoms with E-state index in [1.54, 1.807) is 0 Å². The Bertz CT molecular complexity index is 383. The molecule has 0 aromatic carbocycles. The molecule has 18 heavy (non-hydrogen) atoms. The second-order valence-electron chi connectivity index (χ2n) is 6.06. The normalized spacial score (nSPS) is 20.1. The maximum absolute atomic E-state index is 4.59. The second-order valence-corrected chi connectivity index (χ2v) is 6.06. The molecule has 1 atom stereocenters. The Balaban J connectivity index is 2.04. The summed E-state index contributed by atoms with van der Waals surface area (Å²) in [4.78, 5) is 7.02. The van der Waals surface area contributed by atoms with Crippen LogP contribution in [0.1, 0.15) is 45.9 Å². The lowest BCUT2D eigenvalue weighted by Crippen LogP contribution is -2.23. The van der Waals surface area contributed by atoms with Gasteiger partial charge in [0.2, 0.25) is 0 Å². The Morgan fingerprint density at radius 2 is 2.22 bits per heavy atom. The highest BCUT2D eigenvalue weighted by molar-refractivity contribution is 5.46. The molecule has 1 aliphatic heterocycles. The molecule has 1 aliphatic rings. The van der Waals surface area contributed by atoms with Crippen LogP contribution < -0.4 is 10.2 Å². The lowest BCUT2D eigenvalue weighted by atomic mass is 9.93. The fraction of sp³-hybridized carbons (Fsp3) is 0.667. The van der Waals surface area contributed by atoms with Crippen LogP contribution in [0.15, 0.2) is 18.3 Å². The van der Waals surface area contributed by atoms with Gasteiger partial charge in [0.05, 0.1) is 17.6 Å². The van der Waals surface area contributed by atoms with Gasteiger partial charge in [-0.15, -0.1) is 0 Å². The fourth-order valence-electron chi connectivity index (χ4n) is 2.58. The molecule has 100 valence electrons. The summed E-state index contributed by atoms with van der Waals surface area (Å²) in [6.45, 7) is 12.2. The van der Waals surface area contributed by atoms with Gasteiger partial charge in [-0.05, 0) is 37.4 Å². The van der Waals surface area contributed by atoms with Crippen molar-refractivity contribution in [2.24, 2.45) is 5.41 Å². The number of aromatic nitrogens is 1. The van der Waals surface area contributed by atoms with Gasteiger partial charge in [0, 0.05) is 19.1 Å². The standard InChI is InChI=1S/C15H25N3/c1-5-16-12(2)14-7-6-13(10-17-14)18-9-8-15(3,4)11-18/h6-7,10,12,16H,5,8-9,11H2,1-4H3. The molecule has 0 spiro atoms. The number of pyridine rings is 1. The summed E-state index contributed by atoms with van der Waals surface area (Å²) < 4.78 is 0. The van der Waals surface area contributed by atoms with Crippen LogP contribution in [0.5, 0.6) is 0 Å². The molecule has 0 amide bonds. The molecule has 3 heteroatoms. The van der Waals surface area contributed by atoms with E-state index in [1.165, 1.54) is 12.1 Å². The van der Waals surface area contributed by atoms with Crippen molar-refractivity contribution in [1.29, 1.82) is 0 Å². The molecule has 1 unspecified atom stereocenters. The lowest BCUT2D eigenvalue weighted by Gasteiger charge is -2.22. The second kappa shape index (κ2) is 5.27. The van der Waals surface area contributed by atoms with Crippen molar-refractivity contribution < 1.29 is 0 Å². The third kappa shape index (κ3) is 3.02. The van der Waals surface area contributed by atoms with Gasteiger partial charge in [-0.1, -0.05) is 20.8 Å². The predicted molar refractivity (Wildman–Crippen MR) is 76.9 cm³/mol. The predicted octanol–water partition coefficient (Wildman–Crippen LogP) is 2.99. The first-order valence-corrected chi connectivity index (χ1v) is 6.96. The van der Waals surface area contributed by atoms with Gasteiger partial charge >= 0.3 is 0 Å². The third-order valence-corrected chi connectivity index (χ3v) is 3.77. The van der Waals surface area contributed by atoms with Crippen LogP contribution in [-0.2, 0) is 0 Å². The van der Waals surface area contributed by atoms with Gasteiger partial charge in [-0.2, -0.15) is 0 Å². The molecular weight excluding hydrogens is 222 g/mol. The molecule has 1 fully saturated rings. The van der Waals surface area contributed by atoms with E-state index in [9.17, 15) is 0 Å². The number of rotatable bonds is 4. The highest BCUT2D eigenvalue weighted by Crippen LogP contribution is 2.32. The summed E-state index contributed by atoms with van der Waals surface area (Å²) in [5.74, 6) is 0. The largest absolute Gasteiger partial charge is 0.370 e. The van der Waals surface area contributed by atoms with Crippen molar-refractivity contribution in [3.8, 4) is 0 Å². The van der Waals surface area contributed by atoms with E-state index in [2.05, 4.69) is 55.0 Å². The van der Waals surface area contributed by atoms with Crippen LogP contribution in [0.3, 0.4) is 0 Å². The molecule has 2 rings (SSSR count). The highest BCUT2D eigenvalue weighted by Gasteiger charge is 2.29. The summed E-state index contributed by atoms with van der Waals surface area (Å²) in [6.07, 6.45) is 3.28. The lowest BCUT2D eigenvalue weighted by molar-refractivity contribution is 0.418. The Kier molecular flexibility index (Phi) is 3.91. The monoisotopic (exact) mass is 247 g/mol. The SMILES string of the molecule is CCNC(C)c1ccc(N2CCC(C)(C)C2)cn1. The summed E-state index contributed by atoms with van der Waals surface area (Å²) in [7, 11) is 0. The number of hydrogen-bond donors (Lipinski definition) is 1. The molecule has 0 radical (unpaired) electrons. The Morgan fingerprint density at radius 3 is 2.72 bits per heavy atom. The molecule has 0 bridgehead atoms. The van der Waals surface area contributed by atoms with E-state index < -0.39 is 0 Å². The van der Waals surface area contributed by atoms with Gasteiger partial charge in [0.15, 0.2) is 0 Å². The van der Waals surface area contributed by atoms with Crippen molar-refractivity contribution in [2.45, 2.75) is 40.2 Å². The van der Waals surface area contributed by atoms with Crippen LogP contribution in [0.4, 0.5) is 5.69 Å². The summed E-state index contributed by atoms with van der Waals surface area (Å²) in [6, 6.07) is 4.69. The quantitative estimate of drug-likeness (QED) is 0.886. The molecule has 0 saturated carbocycles. The number of hydrogen-bond acceptors (Lipinski definition) is 3. The fourth-order valence-corrected chi connectivity index (χ4v) is 2.58. The summed E-state index contributed by atoms with van der Waals surface area (Å²) in [5, 5.41) is 3.39. The highest BCUT2D eigenvalue weighted by atomic mass is 15.2. The minimum Gasteiger partial charge on any atom is -0.370 e. The van der Waals surface area contributed by atoms with E-state index in [0.29, 0.717) is 11.5 Å². The minimum absolute atomic E-state index is 0.332. The third-order valence-electron chi connectivity index (χ3n) is 3.77.